The largest absolute Gasteiger partial charge is 0.480 e. The van der Waals surface area contributed by atoms with Gasteiger partial charge in [-0.25, -0.2) is 9.59 Å². The molecule has 1 saturated heterocycles. The number of hydrogen-bond acceptors (Lipinski definition) is 5. The zero-order chi connectivity index (χ0) is 25.1. The Bertz CT molecular complexity index is 1060. The van der Waals surface area contributed by atoms with Crippen LogP contribution in [-0.4, -0.2) is 55.7 Å². The van der Waals surface area contributed by atoms with E-state index in [4.69, 9.17) is 0 Å². The maximum atomic E-state index is 13.7. The highest BCUT2D eigenvalue weighted by molar-refractivity contribution is 8.00. The van der Waals surface area contributed by atoms with Crippen LogP contribution in [0.4, 0.5) is 4.79 Å². The van der Waals surface area contributed by atoms with Crippen LogP contribution in [0.2, 0.25) is 0 Å². The molecule has 34 heavy (non-hydrogen) atoms. The number of hydrogen-bond donors (Lipinski definition) is 4. The van der Waals surface area contributed by atoms with E-state index in [1.54, 1.807) is 44.2 Å². The summed E-state index contributed by atoms with van der Waals surface area (Å²) in [5, 5.41) is 27.0. The molecule has 0 aromatic heterocycles. The highest BCUT2D eigenvalue weighted by Crippen LogP contribution is 2.42. The normalized spacial score (nSPS) is 19.7. The summed E-state index contributed by atoms with van der Waals surface area (Å²) in [5.41, 5.74) is 0.0715. The smallest absolute Gasteiger partial charge is 0.327 e. The fraction of sp³-hybridized carbons (Fsp3) is 0.400. The third-order valence-electron chi connectivity index (χ3n) is 6.26. The zero-order valence-electron chi connectivity index (χ0n) is 19.7. The second-order valence-electron chi connectivity index (χ2n) is 9.00. The van der Waals surface area contributed by atoms with E-state index >= 15 is 0 Å². The van der Waals surface area contributed by atoms with Gasteiger partial charge in [-0.05, 0) is 44.4 Å². The minimum Gasteiger partial charge on any atom is -0.480 e. The molecule has 3 atom stereocenters. The Labute approximate surface area is 203 Å². The molecule has 1 fully saturated rings. The minimum atomic E-state index is -2.17. The Kier molecular flexibility index (Phi) is 7.57. The molecular formula is C25H31N3O5S. The first-order valence-corrected chi connectivity index (χ1v) is 12.0. The van der Waals surface area contributed by atoms with E-state index in [0.29, 0.717) is 0 Å². The average molecular weight is 486 g/mol. The van der Waals surface area contributed by atoms with Crippen molar-refractivity contribution < 1.29 is 24.6 Å². The van der Waals surface area contributed by atoms with Crippen molar-refractivity contribution in [2.75, 3.05) is 5.88 Å². The van der Waals surface area contributed by atoms with Crippen molar-refractivity contribution in [1.82, 2.24) is 15.5 Å². The Balaban J connectivity index is 1.85. The molecule has 4 N–H and O–H groups in total. The lowest BCUT2D eigenvalue weighted by Gasteiger charge is -2.38. The summed E-state index contributed by atoms with van der Waals surface area (Å²) in [5.74, 6) is -1.80. The topological polar surface area (TPSA) is 119 Å². The molecule has 3 rings (SSSR count). The van der Waals surface area contributed by atoms with Gasteiger partial charge in [0.1, 0.15) is 6.04 Å². The standard InChI is InChI=1S/C25H31N3O5S/c1-16-10-8-9-11-18(16)14-26-23(32)27-17(2)25(33,19-12-6-5-7-13-19)22(31)28-15-34-24(3,4)20(28)21(29)30/h5-13,17,20,33H,14-15H2,1-4H3,(H,29,30)(H2,26,27,32)/t17-,20?,25+/m0/s1. The number of rotatable bonds is 7. The summed E-state index contributed by atoms with van der Waals surface area (Å²) < 4.78 is -0.735. The Morgan fingerprint density at radius 3 is 2.38 bits per heavy atom. The molecule has 0 aliphatic carbocycles. The highest BCUT2D eigenvalue weighted by atomic mass is 32.2. The fourth-order valence-electron chi connectivity index (χ4n) is 4.18. The molecule has 1 aliphatic heterocycles. The van der Waals surface area contributed by atoms with Crippen molar-refractivity contribution in [2.45, 2.75) is 56.7 Å². The van der Waals surface area contributed by atoms with Crippen molar-refractivity contribution in [3.63, 3.8) is 0 Å². The van der Waals surface area contributed by atoms with Gasteiger partial charge < -0.3 is 25.7 Å². The van der Waals surface area contributed by atoms with Crippen LogP contribution < -0.4 is 10.6 Å². The van der Waals surface area contributed by atoms with Gasteiger partial charge in [0.2, 0.25) is 0 Å². The van der Waals surface area contributed by atoms with Crippen LogP contribution in [0.15, 0.2) is 54.6 Å². The molecule has 3 amide bonds. The molecule has 0 spiro atoms. The number of nitrogens with zero attached hydrogens (tertiary/aromatic N) is 1. The molecule has 1 unspecified atom stereocenters. The van der Waals surface area contributed by atoms with E-state index in [9.17, 15) is 24.6 Å². The number of urea groups is 1. The van der Waals surface area contributed by atoms with Gasteiger partial charge in [-0.1, -0.05) is 54.6 Å². The Hall–Kier alpha value is -3.04. The van der Waals surface area contributed by atoms with Gasteiger partial charge in [-0.3, -0.25) is 4.79 Å². The number of carbonyl (C=O) groups excluding carboxylic acids is 2. The number of carbonyl (C=O) groups is 3. The number of aryl methyl sites for hydroxylation is 1. The molecule has 1 aliphatic rings. The van der Waals surface area contributed by atoms with E-state index in [2.05, 4.69) is 10.6 Å². The quantitative estimate of drug-likeness (QED) is 0.479. The van der Waals surface area contributed by atoms with Crippen LogP contribution in [0, 0.1) is 6.92 Å². The summed E-state index contributed by atoms with van der Waals surface area (Å²) in [6.07, 6.45) is 0. The first-order chi connectivity index (χ1) is 16.0. The first-order valence-electron chi connectivity index (χ1n) is 11.0. The van der Waals surface area contributed by atoms with Crippen LogP contribution in [0.5, 0.6) is 0 Å². The van der Waals surface area contributed by atoms with E-state index in [1.165, 1.54) is 23.6 Å². The molecule has 0 bridgehead atoms. The van der Waals surface area contributed by atoms with E-state index in [0.717, 1.165) is 11.1 Å². The predicted octanol–water partition coefficient (Wildman–Crippen LogP) is 2.84. The van der Waals surface area contributed by atoms with Gasteiger partial charge in [0.05, 0.1) is 11.9 Å². The van der Waals surface area contributed by atoms with Gasteiger partial charge in [-0.15, -0.1) is 11.8 Å². The van der Waals surface area contributed by atoms with E-state index in [-0.39, 0.29) is 18.0 Å². The lowest BCUT2D eigenvalue weighted by Crippen LogP contribution is -2.62. The van der Waals surface area contributed by atoms with Crippen LogP contribution in [0.1, 0.15) is 37.5 Å². The SMILES string of the molecule is Cc1ccccc1CNC(=O)N[C@@H](C)[C@](O)(C(=O)N1CSC(C)(C)C1C(=O)O)c1ccccc1. The fourth-order valence-corrected chi connectivity index (χ4v) is 5.30. The third kappa shape index (κ3) is 5.05. The number of aliphatic carboxylic acids is 1. The average Bonchev–Trinajstić information content (AvgIpc) is 3.13. The van der Waals surface area contributed by atoms with Gasteiger partial charge in [-0.2, -0.15) is 0 Å². The number of carboxylic acids is 1. The monoisotopic (exact) mass is 485 g/mol. The molecule has 182 valence electrons. The second-order valence-corrected chi connectivity index (χ2v) is 10.6. The maximum Gasteiger partial charge on any atom is 0.327 e. The first kappa shape index (κ1) is 25.6. The predicted molar refractivity (Wildman–Crippen MR) is 131 cm³/mol. The number of amides is 3. The number of benzene rings is 2. The summed E-state index contributed by atoms with van der Waals surface area (Å²) in [6, 6.07) is 13.2. The van der Waals surface area contributed by atoms with Crippen molar-refractivity contribution >= 4 is 29.7 Å². The van der Waals surface area contributed by atoms with Gasteiger partial charge >= 0.3 is 12.0 Å². The van der Waals surface area contributed by atoms with Gasteiger partial charge in [0, 0.05) is 11.3 Å². The van der Waals surface area contributed by atoms with Crippen molar-refractivity contribution in [1.29, 1.82) is 0 Å². The van der Waals surface area contributed by atoms with E-state index in [1.807, 2.05) is 31.2 Å². The number of thioether (sulfide) groups is 1. The van der Waals surface area contributed by atoms with Gasteiger partial charge in [0.15, 0.2) is 5.60 Å². The molecule has 0 radical (unpaired) electrons. The van der Waals surface area contributed by atoms with Crippen LogP contribution in [0.3, 0.4) is 0 Å². The summed E-state index contributed by atoms with van der Waals surface area (Å²) >= 11 is 1.33. The summed E-state index contributed by atoms with van der Waals surface area (Å²) in [6.45, 7) is 7.26. The molecule has 0 saturated carbocycles. The second kappa shape index (κ2) is 10.1. The van der Waals surface area contributed by atoms with Crippen LogP contribution in [-0.2, 0) is 21.7 Å². The minimum absolute atomic E-state index is 0.115. The molecule has 9 heteroatoms. The molecule has 8 nitrogen and oxygen atoms in total. The molecule has 1 heterocycles. The number of carboxylic acid groups (broad SMARTS) is 1. The van der Waals surface area contributed by atoms with Crippen molar-refractivity contribution in [3.8, 4) is 0 Å². The third-order valence-corrected chi connectivity index (χ3v) is 7.63. The van der Waals surface area contributed by atoms with E-state index < -0.39 is 40.3 Å². The molecule has 2 aromatic carbocycles. The highest BCUT2D eigenvalue weighted by Gasteiger charge is 2.55. The molecular weight excluding hydrogens is 454 g/mol. The Morgan fingerprint density at radius 1 is 1.15 bits per heavy atom. The summed E-state index contributed by atoms with van der Waals surface area (Å²) in [7, 11) is 0. The van der Waals surface area contributed by atoms with Crippen LogP contribution >= 0.6 is 11.8 Å². The van der Waals surface area contributed by atoms with Crippen molar-refractivity contribution in [3.05, 3.63) is 71.3 Å². The lowest BCUT2D eigenvalue weighted by molar-refractivity contribution is -0.163. The molecule has 2 aromatic rings. The van der Waals surface area contributed by atoms with Crippen LogP contribution in [0.25, 0.3) is 0 Å². The number of aliphatic hydroxyl groups is 1. The lowest BCUT2D eigenvalue weighted by atomic mass is 9.84. The summed E-state index contributed by atoms with van der Waals surface area (Å²) in [4.78, 5) is 39.6. The number of nitrogens with one attached hydrogen (secondary N) is 2. The zero-order valence-corrected chi connectivity index (χ0v) is 20.6. The maximum absolute atomic E-state index is 13.7. The Morgan fingerprint density at radius 2 is 1.76 bits per heavy atom. The van der Waals surface area contributed by atoms with Gasteiger partial charge in [0.25, 0.3) is 5.91 Å². The van der Waals surface area contributed by atoms with Crippen molar-refractivity contribution in [2.24, 2.45) is 0 Å².